The highest BCUT2D eigenvalue weighted by molar-refractivity contribution is 7.22. The van der Waals surface area contributed by atoms with Crippen LogP contribution in [0.5, 0.6) is 5.75 Å². The monoisotopic (exact) mass is 489 g/mol. The molecule has 1 fully saturated rings. The Morgan fingerprint density at radius 2 is 1.59 bits per heavy atom. The molecule has 1 saturated heterocycles. The maximum absolute atomic E-state index is 13.7. The number of hydrogen-bond donors (Lipinski definition) is 0. The van der Waals surface area contributed by atoms with Crippen LogP contribution in [0.4, 0.5) is 0 Å². The van der Waals surface area contributed by atoms with Gasteiger partial charge in [-0.05, 0) is 74.0 Å². The number of fused-ring (bicyclic) bond motifs is 1. The van der Waals surface area contributed by atoms with Gasteiger partial charge in [-0.25, -0.2) is 0 Å². The summed E-state index contributed by atoms with van der Waals surface area (Å²) in [5.41, 5.74) is 2.42. The second kappa shape index (κ2) is 10.7. The first-order valence-corrected chi connectivity index (χ1v) is 13.2. The third kappa shape index (κ3) is 5.20. The third-order valence-electron chi connectivity index (χ3n) is 6.42. The number of thiophene rings is 1. The van der Waals surface area contributed by atoms with Crippen LogP contribution in [0.25, 0.3) is 20.5 Å². The first-order chi connectivity index (χ1) is 16.7. The SMILES string of the molecule is O=C(c1ccc(OCCN2CCCCCC2)cc1)c1c(-c2ccc(Cl)cc2)sc2ccccc12. The van der Waals surface area contributed by atoms with Crippen molar-refractivity contribution in [3.8, 4) is 16.2 Å². The van der Waals surface area contributed by atoms with E-state index in [1.54, 1.807) is 11.3 Å². The van der Waals surface area contributed by atoms with Crippen LogP contribution in [0.15, 0.2) is 72.8 Å². The number of benzene rings is 3. The van der Waals surface area contributed by atoms with Crippen molar-refractivity contribution in [1.29, 1.82) is 0 Å². The number of carbonyl (C=O) groups is 1. The summed E-state index contributed by atoms with van der Waals surface area (Å²) in [6.07, 6.45) is 5.25. The van der Waals surface area contributed by atoms with Crippen molar-refractivity contribution in [3.05, 3.63) is 88.9 Å². The Balaban J connectivity index is 1.34. The summed E-state index contributed by atoms with van der Waals surface area (Å²) in [6.45, 7) is 3.96. The van der Waals surface area contributed by atoms with E-state index < -0.39 is 0 Å². The molecule has 174 valence electrons. The second-order valence-corrected chi connectivity index (χ2v) is 10.3. The summed E-state index contributed by atoms with van der Waals surface area (Å²) in [4.78, 5) is 17.1. The summed E-state index contributed by atoms with van der Waals surface area (Å²) in [7, 11) is 0. The molecule has 5 heteroatoms. The zero-order valence-corrected chi connectivity index (χ0v) is 20.7. The fourth-order valence-electron chi connectivity index (χ4n) is 4.57. The molecule has 4 aromatic rings. The van der Waals surface area contributed by atoms with Crippen molar-refractivity contribution in [2.75, 3.05) is 26.2 Å². The fourth-order valence-corrected chi connectivity index (χ4v) is 5.91. The molecule has 1 aliphatic heterocycles. The third-order valence-corrected chi connectivity index (χ3v) is 7.89. The summed E-state index contributed by atoms with van der Waals surface area (Å²) in [5, 5.41) is 1.67. The minimum atomic E-state index is 0.0264. The number of ether oxygens (including phenoxy) is 1. The van der Waals surface area contributed by atoms with Gasteiger partial charge in [0.05, 0.1) is 0 Å². The number of rotatable bonds is 7. The molecule has 0 bridgehead atoms. The van der Waals surface area contributed by atoms with E-state index in [9.17, 15) is 4.79 Å². The molecule has 3 aromatic carbocycles. The Kier molecular flexibility index (Phi) is 7.29. The van der Waals surface area contributed by atoms with Crippen LogP contribution in [0.1, 0.15) is 41.6 Å². The predicted octanol–water partition coefficient (Wildman–Crippen LogP) is 7.71. The lowest BCUT2D eigenvalue weighted by Gasteiger charge is -2.19. The minimum Gasteiger partial charge on any atom is -0.492 e. The molecule has 0 spiro atoms. The molecule has 0 N–H and O–H groups in total. The topological polar surface area (TPSA) is 29.5 Å². The van der Waals surface area contributed by atoms with E-state index in [1.807, 2.05) is 66.7 Å². The van der Waals surface area contributed by atoms with Gasteiger partial charge in [0.25, 0.3) is 0 Å². The number of halogens is 1. The van der Waals surface area contributed by atoms with E-state index in [0.29, 0.717) is 17.2 Å². The Labute approximate surface area is 209 Å². The molecule has 0 atom stereocenters. The molecule has 1 aromatic heterocycles. The van der Waals surface area contributed by atoms with E-state index >= 15 is 0 Å². The van der Waals surface area contributed by atoms with Gasteiger partial charge in [-0.2, -0.15) is 0 Å². The number of likely N-dealkylation sites (tertiary alicyclic amines) is 1. The largest absolute Gasteiger partial charge is 0.492 e. The number of carbonyl (C=O) groups excluding carboxylic acids is 1. The Hall–Kier alpha value is -2.66. The van der Waals surface area contributed by atoms with E-state index in [-0.39, 0.29) is 5.78 Å². The van der Waals surface area contributed by atoms with Crippen molar-refractivity contribution in [2.45, 2.75) is 25.7 Å². The summed E-state index contributed by atoms with van der Waals surface area (Å²) >= 11 is 7.74. The predicted molar refractivity (Wildman–Crippen MR) is 143 cm³/mol. The van der Waals surface area contributed by atoms with Crippen LogP contribution in [0, 0.1) is 0 Å². The lowest BCUT2D eigenvalue weighted by atomic mass is 9.97. The van der Waals surface area contributed by atoms with E-state index in [0.717, 1.165) is 38.4 Å². The van der Waals surface area contributed by atoms with E-state index in [4.69, 9.17) is 16.3 Å². The molecule has 0 amide bonds. The normalized spacial score (nSPS) is 14.7. The van der Waals surface area contributed by atoms with Gasteiger partial charge >= 0.3 is 0 Å². The second-order valence-electron chi connectivity index (χ2n) is 8.77. The molecular formula is C29H28ClNO2S. The van der Waals surface area contributed by atoms with Gasteiger partial charge in [0, 0.05) is 37.7 Å². The van der Waals surface area contributed by atoms with Crippen LogP contribution in [0.3, 0.4) is 0 Å². The highest BCUT2D eigenvalue weighted by atomic mass is 35.5. The van der Waals surface area contributed by atoms with Gasteiger partial charge in [-0.15, -0.1) is 11.3 Å². The zero-order valence-electron chi connectivity index (χ0n) is 19.1. The maximum atomic E-state index is 13.7. The Morgan fingerprint density at radius 1 is 0.882 bits per heavy atom. The van der Waals surface area contributed by atoms with Crippen molar-refractivity contribution in [1.82, 2.24) is 4.90 Å². The Bertz CT molecular complexity index is 1260. The Morgan fingerprint density at radius 3 is 2.32 bits per heavy atom. The average molecular weight is 490 g/mol. The van der Waals surface area contributed by atoms with Crippen molar-refractivity contribution in [3.63, 3.8) is 0 Å². The fraction of sp³-hybridized carbons (Fsp3) is 0.276. The van der Waals surface area contributed by atoms with E-state index in [2.05, 4.69) is 11.0 Å². The number of ketones is 1. The molecule has 34 heavy (non-hydrogen) atoms. The summed E-state index contributed by atoms with van der Waals surface area (Å²) in [6, 6.07) is 23.4. The van der Waals surface area contributed by atoms with Gasteiger partial charge in [0.2, 0.25) is 0 Å². The molecular weight excluding hydrogens is 462 g/mol. The highest BCUT2D eigenvalue weighted by Gasteiger charge is 2.21. The lowest BCUT2D eigenvalue weighted by molar-refractivity contribution is 0.104. The molecule has 5 rings (SSSR count). The number of hydrogen-bond acceptors (Lipinski definition) is 4. The minimum absolute atomic E-state index is 0.0264. The quantitative estimate of drug-likeness (QED) is 0.249. The van der Waals surface area contributed by atoms with Crippen molar-refractivity contribution in [2.24, 2.45) is 0 Å². The van der Waals surface area contributed by atoms with Gasteiger partial charge in [0.15, 0.2) is 5.78 Å². The summed E-state index contributed by atoms with van der Waals surface area (Å²) in [5.74, 6) is 0.831. The molecule has 0 unspecified atom stereocenters. The highest BCUT2D eigenvalue weighted by Crippen LogP contribution is 2.40. The average Bonchev–Trinajstić information content (AvgIpc) is 3.05. The smallest absolute Gasteiger partial charge is 0.195 e. The zero-order chi connectivity index (χ0) is 23.3. The molecule has 0 saturated carbocycles. The molecule has 3 nitrogen and oxygen atoms in total. The van der Waals surface area contributed by atoms with Gasteiger partial charge in [-0.3, -0.25) is 9.69 Å². The van der Waals surface area contributed by atoms with E-state index in [1.165, 1.54) is 38.8 Å². The van der Waals surface area contributed by atoms with Crippen LogP contribution in [0.2, 0.25) is 5.02 Å². The van der Waals surface area contributed by atoms with Crippen molar-refractivity contribution >= 4 is 38.8 Å². The van der Waals surface area contributed by atoms with Crippen molar-refractivity contribution < 1.29 is 9.53 Å². The summed E-state index contributed by atoms with van der Waals surface area (Å²) < 4.78 is 7.09. The molecule has 1 aliphatic rings. The van der Waals surface area contributed by atoms with Gasteiger partial charge in [0.1, 0.15) is 12.4 Å². The van der Waals surface area contributed by atoms with Crippen LogP contribution >= 0.6 is 22.9 Å². The maximum Gasteiger partial charge on any atom is 0.195 e. The first-order valence-electron chi connectivity index (χ1n) is 12.0. The molecule has 0 radical (unpaired) electrons. The van der Waals surface area contributed by atoms with Crippen LogP contribution < -0.4 is 4.74 Å². The van der Waals surface area contributed by atoms with Crippen LogP contribution in [-0.2, 0) is 0 Å². The molecule has 2 heterocycles. The number of nitrogens with zero attached hydrogens (tertiary/aromatic N) is 1. The lowest BCUT2D eigenvalue weighted by Crippen LogP contribution is -2.29. The van der Waals surface area contributed by atoms with Gasteiger partial charge in [-0.1, -0.05) is 54.8 Å². The molecule has 0 aliphatic carbocycles. The standard InChI is InChI=1S/C29H28ClNO2S/c30-23-13-9-22(10-14-23)29-27(25-7-3-4-8-26(25)34-29)28(32)21-11-15-24(16-12-21)33-20-19-31-17-5-1-2-6-18-31/h3-4,7-16H,1-2,5-6,17-20H2. The van der Waals surface area contributed by atoms with Gasteiger partial charge < -0.3 is 4.74 Å². The van der Waals surface area contributed by atoms with Crippen LogP contribution in [-0.4, -0.2) is 36.9 Å². The first kappa shape index (κ1) is 23.1.